The fourth-order valence-corrected chi connectivity index (χ4v) is 6.04. The molecule has 0 bridgehead atoms. The highest BCUT2D eigenvalue weighted by Gasteiger charge is 2.28. The van der Waals surface area contributed by atoms with Gasteiger partial charge in [-0.3, -0.25) is 9.67 Å². The molecule has 0 amide bonds. The highest BCUT2D eigenvalue weighted by molar-refractivity contribution is 7.19. The molecular formula is C24H26N6OS. The van der Waals surface area contributed by atoms with Crippen LogP contribution in [0, 0.1) is 6.92 Å². The van der Waals surface area contributed by atoms with Crippen LogP contribution < -0.4 is 4.90 Å². The lowest BCUT2D eigenvalue weighted by atomic mass is 9.96. The van der Waals surface area contributed by atoms with Gasteiger partial charge in [-0.15, -0.1) is 11.3 Å². The Bertz CT molecular complexity index is 1250. The normalized spacial score (nSPS) is 18.8. The molecule has 7 nitrogen and oxygen atoms in total. The van der Waals surface area contributed by atoms with Gasteiger partial charge in [-0.2, -0.15) is 5.10 Å². The molecule has 0 N–H and O–H groups in total. The van der Waals surface area contributed by atoms with Crippen LogP contribution in [0.5, 0.6) is 0 Å². The van der Waals surface area contributed by atoms with Gasteiger partial charge in [0, 0.05) is 42.1 Å². The molecule has 0 saturated carbocycles. The van der Waals surface area contributed by atoms with Gasteiger partial charge in [0.15, 0.2) is 5.82 Å². The molecule has 1 aliphatic heterocycles. The summed E-state index contributed by atoms with van der Waals surface area (Å²) in [5, 5.41) is 5.71. The summed E-state index contributed by atoms with van der Waals surface area (Å²) in [7, 11) is 0. The number of thiophene rings is 1. The van der Waals surface area contributed by atoms with Gasteiger partial charge in [-0.05, 0) is 55.9 Å². The van der Waals surface area contributed by atoms with Crippen LogP contribution in [0.1, 0.15) is 28.8 Å². The highest BCUT2D eigenvalue weighted by Crippen LogP contribution is 2.41. The van der Waals surface area contributed by atoms with E-state index in [1.807, 2.05) is 40.5 Å². The third-order valence-corrected chi connectivity index (χ3v) is 7.49. The topological polar surface area (TPSA) is 69.0 Å². The summed E-state index contributed by atoms with van der Waals surface area (Å²) >= 11 is 1.85. The van der Waals surface area contributed by atoms with Crippen LogP contribution in [-0.2, 0) is 24.1 Å². The molecule has 1 atom stereocenters. The SMILES string of the molecule is Cc1cnn(CC2CN(c3nc(-c4cccnc4)nc4sc5c(c34)CCCC5)CCO2)c1. The van der Waals surface area contributed by atoms with Crippen molar-refractivity contribution in [2.75, 3.05) is 24.6 Å². The first-order valence-corrected chi connectivity index (χ1v) is 12.1. The van der Waals surface area contributed by atoms with Gasteiger partial charge >= 0.3 is 0 Å². The van der Waals surface area contributed by atoms with Crippen molar-refractivity contribution in [2.45, 2.75) is 45.3 Å². The summed E-state index contributed by atoms with van der Waals surface area (Å²) in [6.45, 7) is 5.12. The Kier molecular flexibility index (Phi) is 5.11. The zero-order valence-electron chi connectivity index (χ0n) is 18.2. The molecule has 1 fully saturated rings. The van der Waals surface area contributed by atoms with Gasteiger partial charge < -0.3 is 9.64 Å². The molecule has 1 unspecified atom stereocenters. The molecule has 5 heterocycles. The smallest absolute Gasteiger partial charge is 0.164 e. The third kappa shape index (κ3) is 3.67. The Hall–Kier alpha value is -2.84. The molecule has 0 spiro atoms. The molecule has 32 heavy (non-hydrogen) atoms. The predicted molar refractivity (Wildman–Crippen MR) is 126 cm³/mol. The third-order valence-electron chi connectivity index (χ3n) is 6.31. The first-order valence-electron chi connectivity index (χ1n) is 11.3. The number of nitrogens with zero attached hydrogens (tertiary/aromatic N) is 6. The van der Waals surface area contributed by atoms with Gasteiger partial charge in [0.25, 0.3) is 0 Å². The Morgan fingerprint density at radius 1 is 1.19 bits per heavy atom. The van der Waals surface area contributed by atoms with E-state index < -0.39 is 0 Å². The van der Waals surface area contributed by atoms with E-state index in [1.165, 1.54) is 34.2 Å². The van der Waals surface area contributed by atoms with Crippen LogP contribution in [-0.4, -0.2) is 50.5 Å². The standard InChI is InChI=1S/C24H26N6OS/c1-16-11-26-30(13-16)15-18-14-29(9-10-31-18)23-21-19-6-2-3-7-20(19)32-24(21)28-22(27-23)17-5-4-8-25-12-17/h4-5,8,11-13,18H,2-3,6-7,9-10,14-15H2,1H3. The number of morpholine rings is 1. The van der Waals surface area contributed by atoms with E-state index in [1.54, 1.807) is 6.20 Å². The van der Waals surface area contributed by atoms with E-state index in [9.17, 15) is 0 Å². The molecule has 0 aromatic carbocycles. The molecule has 4 aromatic heterocycles. The fraction of sp³-hybridized carbons (Fsp3) is 0.417. The van der Waals surface area contributed by atoms with Crippen LogP contribution >= 0.6 is 11.3 Å². The summed E-state index contributed by atoms with van der Waals surface area (Å²) in [5.74, 6) is 1.81. The Morgan fingerprint density at radius 3 is 2.97 bits per heavy atom. The van der Waals surface area contributed by atoms with Crippen molar-refractivity contribution in [2.24, 2.45) is 0 Å². The number of hydrogen-bond acceptors (Lipinski definition) is 7. The average Bonchev–Trinajstić information content (AvgIpc) is 3.42. The first kappa shape index (κ1) is 19.8. The predicted octanol–water partition coefficient (Wildman–Crippen LogP) is 4.04. The van der Waals surface area contributed by atoms with Crippen molar-refractivity contribution in [1.29, 1.82) is 0 Å². The fourth-order valence-electron chi connectivity index (χ4n) is 4.79. The van der Waals surface area contributed by atoms with E-state index >= 15 is 0 Å². The zero-order valence-corrected chi connectivity index (χ0v) is 19.0. The summed E-state index contributed by atoms with van der Waals surface area (Å²) in [6, 6.07) is 3.98. The minimum atomic E-state index is 0.0735. The van der Waals surface area contributed by atoms with Crippen LogP contribution in [0.15, 0.2) is 36.9 Å². The second-order valence-electron chi connectivity index (χ2n) is 8.68. The van der Waals surface area contributed by atoms with Gasteiger partial charge in [0.05, 0.1) is 30.8 Å². The lowest BCUT2D eigenvalue weighted by molar-refractivity contribution is 0.0273. The molecule has 2 aliphatic rings. The number of aryl methyl sites for hydroxylation is 3. The summed E-state index contributed by atoms with van der Waals surface area (Å²) < 4.78 is 8.09. The van der Waals surface area contributed by atoms with Crippen LogP contribution in [0.3, 0.4) is 0 Å². The molecule has 1 saturated heterocycles. The van der Waals surface area contributed by atoms with Crippen molar-refractivity contribution in [1.82, 2.24) is 24.7 Å². The summed E-state index contributed by atoms with van der Waals surface area (Å²) in [4.78, 5) is 19.4. The maximum absolute atomic E-state index is 6.11. The van der Waals surface area contributed by atoms with Gasteiger partial charge in [0.2, 0.25) is 0 Å². The lowest BCUT2D eigenvalue weighted by Gasteiger charge is -2.34. The Morgan fingerprint density at radius 2 is 2.12 bits per heavy atom. The monoisotopic (exact) mass is 446 g/mol. The van der Waals surface area contributed by atoms with Crippen molar-refractivity contribution in [3.63, 3.8) is 0 Å². The maximum Gasteiger partial charge on any atom is 0.164 e. The van der Waals surface area contributed by atoms with E-state index in [-0.39, 0.29) is 6.10 Å². The van der Waals surface area contributed by atoms with Gasteiger partial charge in [-0.1, -0.05) is 0 Å². The maximum atomic E-state index is 6.11. The number of anilines is 1. The van der Waals surface area contributed by atoms with Crippen molar-refractivity contribution in [3.8, 4) is 11.4 Å². The van der Waals surface area contributed by atoms with E-state index in [0.717, 1.165) is 54.5 Å². The summed E-state index contributed by atoms with van der Waals surface area (Å²) in [6.07, 6.45) is 12.5. The number of pyridine rings is 1. The van der Waals surface area contributed by atoms with Crippen molar-refractivity contribution in [3.05, 3.63) is 52.9 Å². The van der Waals surface area contributed by atoms with E-state index in [4.69, 9.17) is 14.7 Å². The van der Waals surface area contributed by atoms with E-state index in [0.29, 0.717) is 6.61 Å². The molecule has 4 aromatic rings. The lowest BCUT2D eigenvalue weighted by Crippen LogP contribution is -2.45. The molecular weight excluding hydrogens is 420 g/mol. The molecule has 164 valence electrons. The summed E-state index contributed by atoms with van der Waals surface area (Å²) in [5.41, 5.74) is 3.59. The molecule has 0 radical (unpaired) electrons. The quantitative estimate of drug-likeness (QED) is 0.471. The second kappa shape index (κ2) is 8.26. The zero-order chi connectivity index (χ0) is 21.5. The average molecular weight is 447 g/mol. The number of aromatic nitrogens is 5. The molecule has 6 rings (SSSR count). The Labute approximate surface area is 191 Å². The largest absolute Gasteiger partial charge is 0.373 e. The number of rotatable bonds is 4. The number of ether oxygens (including phenoxy) is 1. The van der Waals surface area contributed by atoms with Gasteiger partial charge in [0.1, 0.15) is 10.6 Å². The first-order chi connectivity index (χ1) is 15.7. The van der Waals surface area contributed by atoms with Crippen LogP contribution in [0.4, 0.5) is 5.82 Å². The Balaban J connectivity index is 1.41. The van der Waals surface area contributed by atoms with Crippen LogP contribution in [0.25, 0.3) is 21.6 Å². The minimum Gasteiger partial charge on any atom is -0.373 e. The number of fused-ring (bicyclic) bond motifs is 3. The minimum absolute atomic E-state index is 0.0735. The van der Waals surface area contributed by atoms with E-state index in [2.05, 4.69) is 28.1 Å². The second-order valence-corrected chi connectivity index (χ2v) is 9.77. The van der Waals surface area contributed by atoms with Gasteiger partial charge in [-0.25, -0.2) is 9.97 Å². The highest BCUT2D eigenvalue weighted by atomic mass is 32.1. The molecule has 8 heteroatoms. The van der Waals surface area contributed by atoms with Crippen LogP contribution in [0.2, 0.25) is 0 Å². The van der Waals surface area contributed by atoms with Crippen molar-refractivity contribution < 1.29 is 4.74 Å². The van der Waals surface area contributed by atoms with Crippen molar-refractivity contribution >= 4 is 27.4 Å². The molecule has 1 aliphatic carbocycles. The number of hydrogen-bond donors (Lipinski definition) is 0.